The summed E-state index contributed by atoms with van der Waals surface area (Å²) in [5.41, 5.74) is 0.362. The number of halogens is 1. The fourth-order valence-electron chi connectivity index (χ4n) is 2.65. The van der Waals surface area contributed by atoms with Gasteiger partial charge in [-0.05, 0) is 44.2 Å². The zero-order chi connectivity index (χ0) is 17.5. The zero-order valence-electron chi connectivity index (χ0n) is 13.1. The van der Waals surface area contributed by atoms with Gasteiger partial charge in [-0.1, -0.05) is 0 Å². The topological polar surface area (TPSA) is 72.8 Å². The molecule has 0 radical (unpaired) electrons. The summed E-state index contributed by atoms with van der Waals surface area (Å²) < 4.78 is 25.4. The average molecular weight is 330 g/mol. The minimum Gasteiger partial charge on any atom is -0.487 e. The number of aldehydes is 1. The van der Waals surface area contributed by atoms with Crippen molar-refractivity contribution in [3.8, 4) is 17.2 Å². The first-order chi connectivity index (χ1) is 11.3. The number of fused-ring (bicyclic) bond motifs is 1. The number of hydrogen-bond donors (Lipinski definition) is 1. The molecule has 24 heavy (non-hydrogen) atoms. The number of hydrogen-bond acceptors (Lipinski definition) is 4. The molecule has 3 rings (SSSR count). The lowest BCUT2D eigenvalue weighted by Crippen LogP contribution is -2.24. The summed E-state index contributed by atoms with van der Waals surface area (Å²) in [4.78, 5) is 22.0. The third-order valence-corrected chi connectivity index (χ3v) is 3.72. The largest absolute Gasteiger partial charge is 0.487 e. The molecule has 1 aliphatic heterocycles. The predicted molar refractivity (Wildman–Crippen MR) is 83.7 cm³/mol. The molecule has 6 heteroatoms. The van der Waals surface area contributed by atoms with Crippen LogP contribution in [0.2, 0.25) is 0 Å². The Kier molecular flexibility index (Phi) is 3.75. The highest BCUT2D eigenvalue weighted by atomic mass is 19.1. The first kappa shape index (κ1) is 16.0. The van der Waals surface area contributed by atoms with Crippen LogP contribution in [0.25, 0.3) is 0 Å². The molecule has 5 nitrogen and oxygen atoms in total. The highest BCUT2D eigenvalue weighted by Gasteiger charge is 2.34. The summed E-state index contributed by atoms with van der Waals surface area (Å²) in [7, 11) is 0. The minimum absolute atomic E-state index is 0.00799. The third-order valence-electron chi connectivity index (χ3n) is 3.72. The molecular formula is C18H15FO5. The van der Waals surface area contributed by atoms with Crippen LogP contribution in [0.3, 0.4) is 0 Å². The van der Waals surface area contributed by atoms with Gasteiger partial charge in [0.2, 0.25) is 0 Å². The van der Waals surface area contributed by atoms with E-state index in [2.05, 4.69) is 0 Å². The average Bonchev–Trinajstić information content (AvgIpc) is 2.83. The van der Waals surface area contributed by atoms with Crippen molar-refractivity contribution in [1.82, 2.24) is 0 Å². The van der Waals surface area contributed by atoms with E-state index in [1.807, 2.05) is 13.8 Å². The van der Waals surface area contributed by atoms with Gasteiger partial charge in [0.15, 0.2) is 11.6 Å². The number of aromatic carboxylic acids is 1. The van der Waals surface area contributed by atoms with Gasteiger partial charge in [-0.25, -0.2) is 9.18 Å². The Morgan fingerprint density at radius 2 is 2.04 bits per heavy atom. The van der Waals surface area contributed by atoms with Crippen molar-refractivity contribution in [2.45, 2.75) is 25.9 Å². The van der Waals surface area contributed by atoms with Gasteiger partial charge in [0, 0.05) is 17.5 Å². The maximum atomic E-state index is 14.1. The van der Waals surface area contributed by atoms with E-state index in [1.54, 1.807) is 0 Å². The lowest BCUT2D eigenvalue weighted by Gasteiger charge is -2.16. The van der Waals surface area contributed by atoms with Crippen LogP contribution in [-0.4, -0.2) is 23.0 Å². The van der Waals surface area contributed by atoms with Crippen LogP contribution in [0.5, 0.6) is 17.2 Å². The molecule has 124 valence electrons. The van der Waals surface area contributed by atoms with Crippen molar-refractivity contribution >= 4 is 12.3 Å². The van der Waals surface area contributed by atoms with E-state index in [0.717, 1.165) is 6.07 Å². The molecule has 0 bridgehead atoms. The van der Waals surface area contributed by atoms with Gasteiger partial charge in [-0.3, -0.25) is 4.79 Å². The molecule has 0 aromatic heterocycles. The Bertz CT molecular complexity index is 842. The van der Waals surface area contributed by atoms with Gasteiger partial charge in [-0.15, -0.1) is 0 Å². The number of carboxylic acid groups (broad SMARTS) is 1. The molecule has 1 heterocycles. The second kappa shape index (κ2) is 5.63. The van der Waals surface area contributed by atoms with E-state index in [-0.39, 0.29) is 22.6 Å². The lowest BCUT2D eigenvalue weighted by atomic mass is 10.00. The smallest absolute Gasteiger partial charge is 0.335 e. The van der Waals surface area contributed by atoms with Gasteiger partial charge in [-0.2, -0.15) is 0 Å². The standard InChI is InChI=1S/C18H15FO5/c1-18(2)8-12-15(6-11(17(21)22)7-16(12)24-18)23-14-4-3-10(9-20)5-13(14)19/h3-7,9H,8H2,1-2H3,(H,21,22). The van der Waals surface area contributed by atoms with Crippen LogP contribution < -0.4 is 9.47 Å². The van der Waals surface area contributed by atoms with E-state index in [1.165, 1.54) is 24.3 Å². The maximum absolute atomic E-state index is 14.1. The monoisotopic (exact) mass is 330 g/mol. The van der Waals surface area contributed by atoms with Crippen molar-refractivity contribution in [3.63, 3.8) is 0 Å². The van der Waals surface area contributed by atoms with Gasteiger partial charge in [0.05, 0.1) is 5.56 Å². The van der Waals surface area contributed by atoms with Crippen molar-refractivity contribution < 1.29 is 28.6 Å². The Morgan fingerprint density at radius 3 is 2.67 bits per heavy atom. The summed E-state index contributed by atoms with van der Waals surface area (Å²) >= 11 is 0. The molecule has 0 saturated heterocycles. The number of carbonyl (C=O) groups excluding carboxylic acids is 1. The Balaban J connectivity index is 2.05. The van der Waals surface area contributed by atoms with Crippen LogP contribution in [0.15, 0.2) is 30.3 Å². The Morgan fingerprint density at radius 1 is 1.29 bits per heavy atom. The van der Waals surface area contributed by atoms with Crippen molar-refractivity contribution in [2.24, 2.45) is 0 Å². The van der Waals surface area contributed by atoms with Crippen molar-refractivity contribution in [2.75, 3.05) is 0 Å². The second-order valence-electron chi connectivity index (χ2n) is 6.20. The van der Waals surface area contributed by atoms with Gasteiger partial charge in [0.1, 0.15) is 23.4 Å². The molecule has 0 atom stereocenters. The summed E-state index contributed by atoms with van der Waals surface area (Å²) in [5, 5.41) is 9.24. The molecule has 0 amide bonds. The predicted octanol–water partition coefficient (Wildman–Crippen LogP) is 3.84. The number of benzene rings is 2. The zero-order valence-corrected chi connectivity index (χ0v) is 13.1. The van der Waals surface area contributed by atoms with Crippen LogP contribution in [-0.2, 0) is 6.42 Å². The summed E-state index contributed by atoms with van der Waals surface area (Å²) in [6.45, 7) is 3.74. The third kappa shape index (κ3) is 2.95. The first-order valence-corrected chi connectivity index (χ1v) is 7.31. The molecule has 0 fully saturated rings. The molecule has 0 aliphatic carbocycles. The van der Waals surface area contributed by atoms with E-state index >= 15 is 0 Å². The van der Waals surface area contributed by atoms with Crippen LogP contribution in [0.1, 0.15) is 40.1 Å². The van der Waals surface area contributed by atoms with Crippen LogP contribution >= 0.6 is 0 Å². The Hall–Kier alpha value is -2.89. The highest BCUT2D eigenvalue weighted by molar-refractivity contribution is 5.89. The quantitative estimate of drug-likeness (QED) is 0.862. The number of carbonyl (C=O) groups is 2. The normalized spacial score (nSPS) is 14.6. The fraction of sp³-hybridized carbons (Fsp3) is 0.222. The fourth-order valence-corrected chi connectivity index (χ4v) is 2.65. The molecule has 1 N–H and O–H groups in total. The molecule has 2 aromatic rings. The van der Waals surface area contributed by atoms with E-state index in [0.29, 0.717) is 24.0 Å². The molecule has 1 aliphatic rings. The minimum atomic E-state index is -1.13. The van der Waals surface area contributed by atoms with Crippen LogP contribution in [0, 0.1) is 5.82 Å². The van der Waals surface area contributed by atoms with E-state index in [9.17, 15) is 19.1 Å². The van der Waals surface area contributed by atoms with E-state index < -0.39 is 17.4 Å². The van der Waals surface area contributed by atoms with Gasteiger partial charge in [0.25, 0.3) is 0 Å². The SMILES string of the molecule is CC1(C)Cc2c(Oc3ccc(C=O)cc3F)cc(C(=O)O)cc2O1. The molecular weight excluding hydrogens is 315 g/mol. The van der Waals surface area contributed by atoms with Crippen molar-refractivity contribution in [3.05, 3.63) is 52.8 Å². The van der Waals surface area contributed by atoms with Crippen LogP contribution in [0.4, 0.5) is 4.39 Å². The van der Waals surface area contributed by atoms with E-state index in [4.69, 9.17) is 9.47 Å². The number of rotatable bonds is 4. The maximum Gasteiger partial charge on any atom is 0.335 e. The summed E-state index contributed by atoms with van der Waals surface area (Å²) in [5.74, 6) is -1.27. The highest BCUT2D eigenvalue weighted by Crippen LogP contribution is 2.43. The Labute approximate surface area is 137 Å². The summed E-state index contributed by atoms with van der Waals surface area (Å²) in [6, 6.07) is 6.60. The number of ether oxygens (including phenoxy) is 2. The molecule has 0 unspecified atom stereocenters. The van der Waals surface area contributed by atoms with Gasteiger partial charge >= 0.3 is 5.97 Å². The van der Waals surface area contributed by atoms with Gasteiger partial charge < -0.3 is 14.6 Å². The second-order valence-corrected chi connectivity index (χ2v) is 6.20. The molecule has 0 saturated carbocycles. The summed E-state index contributed by atoms with van der Waals surface area (Å²) in [6.07, 6.45) is 1.04. The first-order valence-electron chi connectivity index (χ1n) is 7.31. The molecule has 0 spiro atoms. The molecule has 2 aromatic carbocycles. The number of carboxylic acids is 1. The van der Waals surface area contributed by atoms with Crippen molar-refractivity contribution in [1.29, 1.82) is 0 Å². The lowest BCUT2D eigenvalue weighted by molar-refractivity contribution is 0.0695.